The zero-order valence-corrected chi connectivity index (χ0v) is 6.74. The third kappa shape index (κ3) is 1.10. The first-order valence-electron chi connectivity index (χ1n) is 4.31. The second-order valence-electron chi connectivity index (χ2n) is 3.68. The summed E-state index contributed by atoms with van der Waals surface area (Å²) in [6.07, 6.45) is 1.96. The smallest absolute Gasteiger partial charge is 0.0465 e. The molecule has 2 aliphatic rings. The van der Waals surface area contributed by atoms with E-state index in [0.717, 1.165) is 18.4 Å². The van der Waals surface area contributed by atoms with Crippen molar-refractivity contribution in [3.05, 3.63) is 12.7 Å². The number of piperidine rings is 1. The van der Waals surface area contributed by atoms with Crippen LogP contribution in [0.4, 0.5) is 0 Å². The summed E-state index contributed by atoms with van der Waals surface area (Å²) in [6.45, 7) is 7.50. The molecule has 0 radical (unpaired) electrons. The molecule has 1 N–H and O–H groups in total. The van der Waals surface area contributed by atoms with Gasteiger partial charge in [0, 0.05) is 26.2 Å². The van der Waals surface area contributed by atoms with Crippen LogP contribution < -0.4 is 0 Å². The Balaban J connectivity index is 1.80. The van der Waals surface area contributed by atoms with Gasteiger partial charge in [-0.2, -0.15) is 0 Å². The van der Waals surface area contributed by atoms with Crippen molar-refractivity contribution in [3.63, 3.8) is 0 Å². The lowest BCUT2D eigenvalue weighted by atomic mass is 10.3. The molecule has 1 saturated heterocycles. The molecule has 0 spiro atoms. The highest BCUT2D eigenvalue weighted by Crippen LogP contribution is 2.50. The first-order valence-corrected chi connectivity index (χ1v) is 4.31. The average Bonchev–Trinajstić information content (AvgIpc) is 2.47. The molecule has 1 aliphatic carbocycles. The Kier molecular flexibility index (Phi) is 1.74. The van der Waals surface area contributed by atoms with Crippen LogP contribution in [-0.2, 0) is 0 Å². The van der Waals surface area contributed by atoms with Crippen LogP contribution in [0, 0.1) is 17.8 Å². The lowest BCUT2D eigenvalue weighted by molar-refractivity contribution is 0.229. The number of nitrogens with zero attached hydrogens (tertiary/aromatic N) is 1. The fourth-order valence-electron chi connectivity index (χ4n) is 2.34. The minimum absolute atomic E-state index is 0.400. The molecule has 62 valence electrons. The molecule has 1 unspecified atom stereocenters. The normalized spacial score (nSPS) is 42.1. The zero-order valence-electron chi connectivity index (χ0n) is 6.74. The first-order chi connectivity index (χ1) is 5.36. The lowest BCUT2D eigenvalue weighted by Gasteiger charge is -2.15. The first kappa shape index (κ1) is 7.32. The van der Waals surface area contributed by atoms with Gasteiger partial charge >= 0.3 is 0 Å². The van der Waals surface area contributed by atoms with Gasteiger partial charge in [-0.1, -0.05) is 6.08 Å². The number of rotatable bonds is 3. The van der Waals surface area contributed by atoms with Crippen LogP contribution in [0.1, 0.15) is 0 Å². The Morgan fingerprint density at radius 2 is 2.09 bits per heavy atom. The van der Waals surface area contributed by atoms with Gasteiger partial charge in [0.2, 0.25) is 0 Å². The van der Waals surface area contributed by atoms with E-state index in [-0.39, 0.29) is 0 Å². The Morgan fingerprint density at radius 3 is 2.55 bits per heavy atom. The van der Waals surface area contributed by atoms with Crippen molar-refractivity contribution in [1.82, 2.24) is 4.90 Å². The fraction of sp³-hybridized carbons (Fsp3) is 0.778. The van der Waals surface area contributed by atoms with E-state index >= 15 is 0 Å². The molecule has 2 rings (SSSR count). The van der Waals surface area contributed by atoms with Gasteiger partial charge in [0.15, 0.2) is 0 Å². The predicted octanol–water partition coefficient (Wildman–Crippen LogP) is 0.343. The third-order valence-corrected chi connectivity index (χ3v) is 3.05. The fourth-order valence-corrected chi connectivity index (χ4v) is 2.34. The van der Waals surface area contributed by atoms with Gasteiger partial charge in [-0.25, -0.2) is 0 Å². The van der Waals surface area contributed by atoms with E-state index in [1.54, 1.807) is 0 Å². The molecule has 0 bridgehead atoms. The van der Waals surface area contributed by atoms with Crippen molar-refractivity contribution >= 4 is 0 Å². The van der Waals surface area contributed by atoms with E-state index < -0.39 is 0 Å². The Hall–Kier alpha value is -0.340. The molecule has 11 heavy (non-hydrogen) atoms. The van der Waals surface area contributed by atoms with E-state index in [4.69, 9.17) is 5.11 Å². The number of fused-ring (bicyclic) bond motifs is 1. The summed E-state index contributed by atoms with van der Waals surface area (Å²) in [4.78, 5) is 2.41. The SMILES string of the molecule is C=CCN1C[C@@H]2C(CO)[C@@H]2C1. The standard InChI is InChI=1S/C9H15NO/c1-2-3-10-4-7-8(5-10)9(7)6-11/h2,7-9,11H,1,3-6H2/t7-,8+,9?. The van der Waals surface area contributed by atoms with Crippen LogP contribution in [0.25, 0.3) is 0 Å². The molecular weight excluding hydrogens is 138 g/mol. The maximum atomic E-state index is 8.89. The topological polar surface area (TPSA) is 23.5 Å². The number of hydrogen-bond donors (Lipinski definition) is 1. The van der Waals surface area contributed by atoms with Crippen molar-refractivity contribution in [3.8, 4) is 0 Å². The molecule has 2 nitrogen and oxygen atoms in total. The van der Waals surface area contributed by atoms with Gasteiger partial charge in [0.05, 0.1) is 0 Å². The molecule has 1 saturated carbocycles. The molecule has 3 atom stereocenters. The Morgan fingerprint density at radius 1 is 1.45 bits per heavy atom. The minimum atomic E-state index is 0.400. The van der Waals surface area contributed by atoms with Crippen molar-refractivity contribution in [2.45, 2.75) is 0 Å². The molecular formula is C9H15NO. The van der Waals surface area contributed by atoms with E-state index in [0.29, 0.717) is 12.5 Å². The van der Waals surface area contributed by atoms with Gasteiger partial charge in [-0.15, -0.1) is 6.58 Å². The van der Waals surface area contributed by atoms with Gasteiger partial charge in [0.1, 0.15) is 0 Å². The van der Waals surface area contributed by atoms with Gasteiger partial charge in [-0.3, -0.25) is 4.90 Å². The van der Waals surface area contributed by atoms with Crippen molar-refractivity contribution < 1.29 is 5.11 Å². The van der Waals surface area contributed by atoms with Crippen molar-refractivity contribution in [2.75, 3.05) is 26.2 Å². The molecule has 1 heterocycles. The zero-order chi connectivity index (χ0) is 7.84. The van der Waals surface area contributed by atoms with Crippen LogP contribution in [0.2, 0.25) is 0 Å². The predicted molar refractivity (Wildman–Crippen MR) is 44.2 cm³/mol. The monoisotopic (exact) mass is 153 g/mol. The van der Waals surface area contributed by atoms with E-state index in [1.165, 1.54) is 13.1 Å². The molecule has 0 aromatic heterocycles. The lowest BCUT2D eigenvalue weighted by Crippen LogP contribution is -2.25. The molecule has 0 amide bonds. The average molecular weight is 153 g/mol. The molecule has 1 aliphatic heterocycles. The highest BCUT2D eigenvalue weighted by atomic mass is 16.3. The maximum absolute atomic E-state index is 8.89. The Labute approximate surface area is 67.5 Å². The van der Waals surface area contributed by atoms with Gasteiger partial charge < -0.3 is 5.11 Å². The summed E-state index contributed by atoms with van der Waals surface area (Å²) < 4.78 is 0. The van der Waals surface area contributed by atoms with E-state index in [9.17, 15) is 0 Å². The summed E-state index contributed by atoms with van der Waals surface area (Å²) >= 11 is 0. The largest absolute Gasteiger partial charge is 0.396 e. The summed E-state index contributed by atoms with van der Waals surface area (Å²) in [7, 11) is 0. The van der Waals surface area contributed by atoms with Crippen LogP contribution in [0.5, 0.6) is 0 Å². The number of hydrogen-bond acceptors (Lipinski definition) is 2. The molecule has 0 aromatic carbocycles. The van der Waals surface area contributed by atoms with Crippen LogP contribution >= 0.6 is 0 Å². The Bertz CT molecular complexity index is 157. The van der Waals surface area contributed by atoms with Crippen LogP contribution in [-0.4, -0.2) is 36.2 Å². The maximum Gasteiger partial charge on any atom is 0.0465 e. The van der Waals surface area contributed by atoms with Crippen LogP contribution in [0.15, 0.2) is 12.7 Å². The second-order valence-corrected chi connectivity index (χ2v) is 3.68. The van der Waals surface area contributed by atoms with Gasteiger partial charge in [0.25, 0.3) is 0 Å². The molecule has 0 aromatic rings. The highest BCUT2D eigenvalue weighted by molar-refractivity contribution is 5.05. The van der Waals surface area contributed by atoms with E-state index in [1.807, 2.05) is 6.08 Å². The summed E-state index contributed by atoms with van der Waals surface area (Å²) in [5.74, 6) is 2.25. The quantitative estimate of drug-likeness (QED) is 0.591. The summed E-state index contributed by atoms with van der Waals surface area (Å²) in [5.41, 5.74) is 0. The molecule has 2 heteroatoms. The third-order valence-electron chi connectivity index (χ3n) is 3.05. The van der Waals surface area contributed by atoms with Crippen molar-refractivity contribution in [1.29, 1.82) is 0 Å². The van der Waals surface area contributed by atoms with Gasteiger partial charge in [-0.05, 0) is 17.8 Å². The van der Waals surface area contributed by atoms with E-state index in [2.05, 4.69) is 11.5 Å². The van der Waals surface area contributed by atoms with Crippen molar-refractivity contribution in [2.24, 2.45) is 17.8 Å². The number of likely N-dealkylation sites (tertiary alicyclic amines) is 1. The second kappa shape index (κ2) is 2.61. The molecule has 2 fully saturated rings. The summed E-state index contributed by atoms with van der Waals surface area (Å²) in [5, 5.41) is 8.89. The minimum Gasteiger partial charge on any atom is -0.396 e. The number of aliphatic hydroxyl groups excluding tert-OH is 1. The number of aliphatic hydroxyl groups is 1. The summed E-state index contributed by atoms with van der Waals surface area (Å²) in [6, 6.07) is 0. The van der Waals surface area contributed by atoms with Crippen LogP contribution in [0.3, 0.4) is 0 Å². The highest BCUT2D eigenvalue weighted by Gasteiger charge is 2.54.